The number of carboxylic acid groups (broad SMARTS) is 1. The minimum absolute atomic E-state index is 0.275. The molecule has 0 saturated carbocycles. The van der Waals surface area contributed by atoms with Gasteiger partial charge in [0.05, 0.1) is 0 Å². The molecule has 0 unspecified atom stereocenters. The maximum atomic E-state index is 12.1. The first-order valence-electron chi connectivity index (χ1n) is 6.28. The van der Waals surface area contributed by atoms with E-state index in [2.05, 4.69) is 5.32 Å². The molecule has 0 fully saturated rings. The fraction of sp³-hybridized carbons (Fsp3) is 0.429. The van der Waals surface area contributed by atoms with E-state index in [9.17, 15) is 9.59 Å². The number of carbonyl (C=O) groups is 2. The molecule has 4 heteroatoms. The molecule has 1 aromatic rings. The zero-order valence-electron chi connectivity index (χ0n) is 10.4. The van der Waals surface area contributed by atoms with Crippen molar-refractivity contribution in [2.45, 2.75) is 38.6 Å². The highest BCUT2D eigenvalue weighted by Gasteiger charge is 2.22. The predicted molar refractivity (Wildman–Crippen MR) is 67.6 cm³/mol. The van der Waals surface area contributed by atoms with Crippen molar-refractivity contribution in [3.63, 3.8) is 0 Å². The first-order valence-corrected chi connectivity index (χ1v) is 6.28. The second-order valence-corrected chi connectivity index (χ2v) is 4.57. The van der Waals surface area contributed by atoms with Crippen molar-refractivity contribution in [1.82, 2.24) is 5.32 Å². The Morgan fingerprint density at radius 1 is 1.39 bits per heavy atom. The maximum absolute atomic E-state index is 12.1. The molecule has 2 rings (SSSR count). The first kappa shape index (κ1) is 12.6. The smallest absolute Gasteiger partial charge is 0.326 e. The van der Waals surface area contributed by atoms with Gasteiger partial charge in [-0.05, 0) is 42.9 Å². The van der Waals surface area contributed by atoms with Crippen LogP contribution in [0.5, 0.6) is 0 Å². The maximum Gasteiger partial charge on any atom is 0.326 e. The van der Waals surface area contributed by atoms with Crippen LogP contribution in [0.25, 0.3) is 0 Å². The molecular formula is C14H17NO3. The molecule has 1 aromatic carbocycles. The average molecular weight is 247 g/mol. The van der Waals surface area contributed by atoms with Crippen LogP contribution < -0.4 is 5.32 Å². The third-order valence-corrected chi connectivity index (χ3v) is 3.40. The molecule has 0 aliphatic heterocycles. The van der Waals surface area contributed by atoms with Crippen molar-refractivity contribution in [2.24, 2.45) is 0 Å². The molecule has 0 spiro atoms. The Hall–Kier alpha value is -1.84. The van der Waals surface area contributed by atoms with Crippen LogP contribution in [0.15, 0.2) is 18.2 Å². The van der Waals surface area contributed by atoms with Gasteiger partial charge >= 0.3 is 5.97 Å². The summed E-state index contributed by atoms with van der Waals surface area (Å²) in [5.41, 5.74) is 2.92. The zero-order valence-corrected chi connectivity index (χ0v) is 10.4. The fourth-order valence-corrected chi connectivity index (χ4v) is 2.41. The predicted octanol–water partition coefficient (Wildman–Crippen LogP) is 1.77. The minimum Gasteiger partial charge on any atom is -0.480 e. The largest absolute Gasteiger partial charge is 0.480 e. The van der Waals surface area contributed by atoms with Gasteiger partial charge in [-0.2, -0.15) is 0 Å². The van der Waals surface area contributed by atoms with Gasteiger partial charge in [0.25, 0.3) is 5.91 Å². The molecule has 0 saturated heterocycles. The van der Waals surface area contributed by atoms with Crippen molar-refractivity contribution in [3.05, 3.63) is 34.9 Å². The molecule has 0 heterocycles. The Kier molecular flexibility index (Phi) is 3.65. The van der Waals surface area contributed by atoms with Crippen LogP contribution in [0.3, 0.4) is 0 Å². The van der Waals surface area contributed by atoms with Gasteiger partial charge in [0.15, 0.2) is 0 Å². The van der Waals surface area contributed by atoms with Crippen LogP contribution in [0.2, 0.25) is 0 Å². The number of nitrogens with one attached hydrogen (secondary N) is 1. The van der Waals surface area contributed by atoms with Gasteiger partial charge in [-0.15, -0.1) is 0 Å². The Bertz CT molecular complexity index is 482. The third-order valence-electron chi connectivity index (χ3n) is 3.40. The standard InChI is InChI=1S/C14H17NO3/c1-2-12(14(17)18)15-13(16)11-8-4-6-9-5-3-7-10(9)11/h4,6,8,12H,2-3,5,7H2,1H3,(H,15,16)(H,17,18)/t12-/m0/s1. The normalized spacial score (nSPS) is 14.9. The fourth-order valence-electron chi connectivity index (χ4n) is 2.41. The van der Waals surface area contributed by atoms with E-state index in [-0.39, 0.29) is 5.91 Å². The SMILES string of the molecule is CC[C@H](NC(=O)c1cccc2c1CCC2)C(=O)O. The van der Waals surface area contributed by atoms with Gasteiger partial charge in [0, 0.05) is 5.56 Å². The summed E-state index contributed by atoms with van der Waals surface area (Å²) in [5, 5.41) is 11.5. The monoisotopic (exact) mass is 247 g/mol. The summed E-state index contributed by atoms with van der Waals surface area (Å²) in [7, 11) is 0. The van der Waals surface area contributed by atoms with Crippen LogP contribution in [-0.4, -0.2) is 23.0 Å². The summed E-state index contributed by atoms with van der Waals surface area (Å²) in [4.78, 5) is 23.0. The second kappa shape index (κ2) is 5.21. The van der Waals surface area contributed by atoms with E-state index < -0.39 is 12.0 Å². The van der Waals surface area contributed by atoms with E-state index in [1.165, 1.54) is 5.56 Å². The molecule has 1 aliphatic carbocycles. The zero-order chi connectivity index (χ0) is 13.1. The van der Waals surface area contributed by atoms with E-state index in [1.807, 2.05) is 12.1 Å². The van der Waals surface area contributed by atoms with Crippen molar-refractivity contribution < 1.29 is 14.7 Å². The Morgan fingerprint density at radius 2 is 2.17 bits per heavy atom. The lowest BCUT2D eigenvalue weighted by Gasteiger charge is -2.14. The molecule has 0 radical (unpaired) electrons. The van der Waals surface area contributed by atoms with Gasteiger partial charge in [0.2, 0.25) is 0 Å². The lowest BCUT2D eigenvalue weighted by atomic mass is 10.0. The minimum atomic E-state index is -0.988. The van der Waals surface area contributed by atoms with Gasteiger partial charge in [-0.25, -0.2) is 4.79 Å². The number of fused-ring (bicyclic) bond motifs is 1. The van der Waals surface area contributed by atoms with Crippen molar-refractivity contribution in [3.8, 4) is 0 Å². The number of aliphatic carboxylic acids is 1. The summed E-state index contributed by atoms with van der Waals surface area (Å²) in [6, 6.07) is 4.86. The van der Waals surface area contributed by atoms with Crippen LogP contribution in [0, 0.1) is 0 Å². The van der Waals surface area contributed by atoms with E-state index in [1.54, 1.807) is 13.0 Å². The van der Waals surface area contributed by atoms with Crippen LogP contribution in [-0.2, 0) is 17.6 Å². The molecule has 1 amide bonds. The first-order chi connectivity index (χ1) is 8.63. The average Bonchev–Trinajstić information content (AvgIpc) is 2.82. The lowest BCUT2D eigenvalue weighted by Crippen LogP contribution is -2.40. The molecule has 18 heavy (non-hydrogen) atoms. The molecule has 4 nitrogen and oxygen atoms in total. The topological polar surface area (TPSA) is 66.4 Å². The molecular weight excluding hydrogens is 230 g/mol. The Balaban J connectivity index is 2.19. The number of benzene rings is 1. The van der Waals surface area contributed by atoms with Crippen molar-refractivity contribution in [1.29, 1.82) is 0 Å². The number of hydrogen-bond acceptors (Lipinski definition) is 2. The highest BCUT2D eigenvalue weighted by atomic mass is 16.4. The highest BCUT2D eigenvalue weighted by molar-refractivity contribution is 5.98. The highest BCUT2D eigenvalue weighted by Crippen LogP contribution is 2.25. The molecule has 0 bridgehead atoms. The lowest BCUT2D eigenvalue weighted by molar-refractivity contribution is -0.139. The third kappa shape index (κ3) is 2.37. The molecule has 96 valence electrons. The van der Waals surface area contributed by atoms with Crippen molar-refractivity contribution in [2.75, 3.05) is 0 Å². The number of amides is 1. The van der Waals surface area contributed by atoms with Crippen LogP contribution >= 0.6 is 0 Å². The van der Waals surface area contributed by atoms with E-state index in [4.69, 9.17) is 5.11 Å². The molecule has 0 aromatic heterocycles. The van der Waals surface area contributed by atoms with E-state index in [0.717, 1.165) is 24.8 Å². The number of hydrogen-bond donors (Lipinski definition) is 2. The number of carbonyl (C=O) groups excluding carboxylic acids is 1. The van der Waals surface area contributed by atoms with Gasteiger partial charge in [-0.3, -0.25) is 4.79 Å². The van der Waals surface area contributed by atoms with Crippen LogP contribution in [0.1, 0.15) is 41.3 Å². The number of carboxylic acids is 1. The Labute approximate surface area is 106 Å². The quantitative estimate of drug-likeness (QED) is 0.852. The van der Waals surface area contributed by atoms with Crippen LogP contribution in [0.4, 0.5) is 0 Å². The molecule has 2 N–H and O–H groups in total. The molecule has 1 aliphatic rings. The Morgan fingerprint density at radius 3 is 2.83 bits per heavy atom. The van der Waals surface area contributed by atoms with Crippen molar-refractivity contribution >= 4 is 11.9 Å². The molecule has 1 atom stereocenters. The summed E-state index contributed by atoms with van der Waals surface area (Å²) < 4.78 is 0. The summed E-state index contributed by atoms with van der Waals surface area (Å²) >= 11 is 0. The number of aryl methyl sites for hydroxylation is 1. The number of rotatable bonds is 4. The van der Waals surface area contributed by atoms with Gasteiger partial charge in [-0.1, -0.05) is 19.1 Å². The van der Waals surface area contributed by atoms with Gasteiger partial charge in [0.1, 0.15) is 6.04 Å². The summed E-state index contributed by atoms with van der Waals surface area (Å²) in [6.45, 7) is 1.74. The van der Waals surface area contributed by atoms with E-state index in [0.29, 0.717) is 12.0 Å². The summed E-state index contributed by atoms with van der Waals surface area (Å²) in [5.74, 6) is -1.26. The van der Waals surface area contributed by atoms with Gasteiger partial charge < -0.3 is 10.4 Å². The van der Waals surface area contributed by atoms with E-state index >= 15 is 0 Å². The second-order valence-electron chi connectivity index (χ2n) is 4.57. The summed E-state index contributed by atoms with van der Waals surface area (Å²) in [6.07, 6.45) is 3.36.